The Labute approximate surface area is 139 Å². The molecule has 4 rings (SSSR count). The summed E-state index contributed by atoms with van der Waals surface area (Å²) in [4.78, 5) is 10.4. The average molecular weight is 330 g/mol. The summed E-state index contributed by atoms with van der Waals surface area (Å²) in [5, 5.41) is 2.99. The molecule has 2 heterocycles. The molecule has 126 valence electrons. The predicted molar refractivity (Wildman–Crippen MR) is 89.8 cm³/mol. The highest BCUT2D eigenvalue weighted by atomic mass is 19.3. The quantitative estimate of drug-likeness (QED) is 0.906. The summed E-state index contributed by atoms with van der Waals surface area (Å²) in [5.74, 6) is -1.94. The summed E-state index contributed by atoms with van der Waals surface area (Å²) < 4.78 is 26.7. The van der Waals surface area contributed by atoms with E-state index in [1.807, 2.05) is 12.1 Å². The van der Waals surface area contributed by atoms with Crippen LogP contribution >= 0.6 is 0 Å². The number of rotatable bonds is 4. The molecule has 1 aromatic carbocycles. The van der Waals surface area contributed by atoms with Crippen LogP contribution in [0.15, 0.2) is 36.5 Å². The van der Waals surface area contributed by atoms with Crippen LogP contribution in [0.5, 0.6) is 0 Å². The molecule has 1 N–H and O–H groups in total. The molecule has 0 amide bonds. The number of alkyl halides is 2. The van der Waals surface area contributed by atoms with Gasteiger partial charge in [-0.15, -0.1) is 0 Å². The van der Waals surface area contributed by atoms with Crippen LogP contribution in [0.25, 0.3) is 0 Å². The summed E-state index contributed by atoms with van der Waals surface area (Å²) in [6.07, 6.45) is 5.30. The summed E-state index contributed by atoms with van der Waals surface area (Å²) in [6, 6.07) is 9.95. The van der Waals surface area contributed by atoms with Gasteiger partial charge in [0, 0.05) is 37.1 Å². The lowest BCUT2D eigenvalue weighted by atomic mass is 10.1. The first kappa shape index (κ1) is 15.3. The topological polar surface area (TPSA) is 41.1 Å². The Morgan fingerprint density at radius 2 is 1.96 bits per heavy atom. The van der Waals surface area contributed by atoms with E-state index >= 15 is 0 Å². The predicted octanol–water partition coefficient (Wildman–Crippen LogP) is 4.32. The molecule has 4 nitrogen and oxygen atoms in total. The van der Waals surface area contributed by atoms with Crippen LogP contribution in [0, 0.1) is 5.92 Å². The first-order valence-electron chi connectivity index (χ1n) is 8.34. The summed E-state index contributed by atoms with van der Waals surface area (Å²) >= 11 is 0. The van der Waals surface area contributed by atoms with Gasteiger partial charge in [0.15, 0.2) is 0 Å². The highest BCUT2D eigenvalue weighted by molar-refractivity contribution is 5.60. The molecule has 1 aromatic heterocycles. The second kappa shape index (κ2) is 5.69. The number of hydrogen-bond donors (Lipinski definition) is 1. The molecule has 2 unspecified atom stereocenters. The van der Waals surface area contributed by atoms with Crippen molar-refractivity contribution in [2.45, 2.75) is 38.2 Å². The number of hydrogen-bond acceptors (Lipinski definition) is 4. The third-order valence-electron chi connectivity index (χ3n) is 4.97. The lowest BCUT2D eigenvalue weighted by Gasteiger charge is -2.29. The molecule has 0 spiro atoms. The van der Waals surface area contributed by atoms with E-state index in [1.165, 1.54) is 37.2 Å². The summed E-state index contributed by atoms with van der Waals surface area (Å²) in [7, 11) is 0. The van der Waals surface area contributed by atoms with Crippen molar-refractivity contribution in [1.29, 1.82) is 0 Å². The maximum absolute atomic E-state index is 13.3. The number of anilines is 3. The molecular weight excluding hydrogens is 310 g/mol. The van der Waals surface area contributed by atoms with Crippen molar-refractivity contribution in [2.75, 3.05) is 16.8 Å². The van der Waals surface area contributed by atoms with Crippen molar-refractivity contribution >= 4 is 17.3 Å². The van der Waals surface area contributed by atoms with Crippen LogP contribution in [0.1, 0.15) is 31.9 Å². The van der Waals surface area contributed by atoms with E-state index in [0.29, 0.717) is 6.04 Å². The normalized spacial score (nSPS) is 22.9. The third kappa shape index (κ3) is 2.92. The summed E-state index contributed by atoms with van der Waals surface area (Å²) in [5.41, 5.74) is 1.73. The minimum atomic E-state index is -2.97. The molecule has 0 radical (unpaired) electrons. The molecule has 2 aromatic rings. The Hall–Kier alpha value is -2.24. The number of benzene rings is 1. The van der Waals surface area contributed by atoms with Crippen LogP contribution < -0.4 is 10.2 Å². The molecule has 2 fully saturated rings. The smallest absolute Gasteiger partial charge is 0.287 e. The van der Waals surface area contributed by atoms with Crippen molar-refractivity contribution in [1.82, 2.24) is 9.97 Å². The number of fused-ring (bicyclic) bond motifs is 2. The Kier molecular flexibility index (Phi) is 3.62. The van der Waals surface area contributed by atoms with Gasteiger partial charge in [-0.3, -0.25) is 0 Å². The number of aromatic nitrogens is 2. The van der Waals surface area contributed by atoms with Gasteiger partial charge < -0.3 is 10.2 Å². The maximum atomic E-state index is 13.3. The first-order chi connectivity index (χ1) is 11.5. The van der Waals surface area contributed by atoms with Crippen LogP contribution in [-0.2, 0) is 5.92 Å². The van der Waals surface area contributed by atoms with Crippen molar-refractivity contribution in [3.63, 3.8) is 0 Å². The van der Waals surface area contributed by atoms with Crippen LogP contribution in [0.4, 0.5) is 26.1 Å². The van der Waals surface area contributed by atoms with Gasteiger partial charge in [-0.1, -0.05) is 0 Å². The molecule has 1 saturated carbocycles. The van der Waals surface area contributed by atoms with Gasteiger partial charge in [0.1, 0.15) is 5.69 Å². The minimum absolute atomic E-state index is 0.182. The van der Waals surface area contributed by atoms with E-state index in [0.717, 1.165) is 25.1 Å². The molecule has 2 aliphatic rings. The second-order valence-electron chi connectivity index (χ2n) is 6.81. The fourth-order valence-electron chi connectivity index (χ4n) is 3.77. The Balaban J connectivity index is 1.48. The van der Waals surface area contributed by atoms with Crippen molar-refractivity contribution < 1.29 is 8.78 Å². The number of piperidine rings is 1. The Bertz CT molecular complexity index is 727. The number of halogens is 2. The maximum Gasteiger partial charge on any atom is 0.287 e. The molecular formula is C18H20F2N4. The van der Waals surface area contributed by atoms with Gasteiger partial charge >= 0.3 is 0 Å². The highest BCUT2D eigenvalue weighted by Gasteiger charge is 2.37. The SMILES string of the molecule is CC(F)(F)c1ccnc(Nc2ccc(N3CC4CCC3C4)cc2)n1. The van der Waals surface area contributed by atoms with Crippen molar-refractivity contribution in [3.05, 3.63) is 42.2 Å². The van der Waals surface area contributed by atoms with Gasteiger partial charge in [0.2, 0.25) is 5.95 Å². The van der Waals surface area contributed by atoms with Crippen molar-refractivity contribution in [2.24, 2.45) is 5.92 Å². The Morgan fingerprint density at radius 1 is 1.17 bits per heavy atom. The van der Waals surface area contributed by atoms with Crippen LogP contribution in [0.3, 0.4) is 0 Å². The molecule has 1 aliphatic carbocycles. The lowest BCUT2D eigenvalue weighted by Crippen LogP contribution is -2.31. The van der Waals surface area contributed by atoms with Gasteiger partial charge in [-0.2, -0.15) is 8.78 Å². The zero-order chi connectivity index (χ0) is 16.7. The zero-order valence-corrected chi connectivity index (χ0v) is 13.5. The van der Waals surface area contributed by atoms with Gasteiger partial charge in [-0.05, 0) is 55.5 Å². The van der Waals surface area contributed by atoms with Crippen molar-refractivity contribution in [3.8, 4) is 0 Å². The zero-order valence-electron chi connectivity index (χ0n) is 13.5. The largest absolute Gasteiger partial charge is 0.368 e. The fourth-order valence-corrected chi connectivity index (χ4v) is 3.77. The molecule has 24 heavy (non-hydrogen) atoms. The first-order valence-corrected chi connectivity index (χ1v) is 8.34. The van der Waals surface area contributed by atoms with Gasteiger partial charge in [0.05, 0.1) is 0 Å². The fraction of sp³-hybridized carbons (Fsp3) is 0.444. The van der Waals surface area contributed by atoms with Gasteiger partial charge in [0.25, 0.3) is 5.92 Å². The van der Waals surface area contributed by atoms with E-state index in [-0.39, 0.29) is 11.6 Å². The van der Waals surface area contributed by atoms with E-state index in [2.05, 4.69) is 32.3 Å². The van der Waals surface area contributed by atoms with E-state index in [9.17, 15) is 8.78 Å². The van der Waals surface area contributed by atoms with Crippen LogP contribution in [0.2, 0.25) is 0 Å². The standard InChI is InChI=1S/C18H20F2N4/c1-18(19,20)16-8-9-21-17(23-16)22-13-3-6-14(7-4-13)24-11-12-2-5-15(24)10-12/h3-4,6-9,12,15H,2,5,10-11H2,1H3,(H,21,22,23). The molecule has 2 atom stereocenters. The minimum Gasteiger partial charge on any atom is -0.368 e. The summed E-state index contributed by atoms with van der Waals surface area (Å²) in [6.45, 7) is 1.98. The van der Waals surface area contributed by atoms with E-state index in [4.69, 9.17) is 0 Å². The molecule has 1 saturated heterocycles. The van der Waals surface area contributed by atoms with E-state index in [1.54, 1.807) is 0 Å². The van der Waals surface area contributed by atoms with Crippen LogP contribution in [-0.4, -0.2) is 22.6 Å². The monoisotopic (exact) mass is 330 g/mol. The van der Waals surface area contributed by atoms with Gasteiger partial charge in [-0.25, -0.2) is 9.97 Å². The molecule has 6 heteroatoms. The lowest BCUT2D eigenvalue weighted by molar-refractivity contribution is 0.0128. The molecule has 2 bridgehead atoms. The Morgan fingerprint density at radius 3 is 2.58 bits per heavy atom. The average Bonchev–Trinajstić information content (AvgIpc) is 3.18. The van der Waals surface area contributed by atoms with E-state index < -0.39 is 5.92 Å². The number of nitrogens with one attached hydrogen (secondary N) is 1. The molecule has 1 aliphatic heterocycles. The highest BCUT2D eigenvalue weighted by Crippen LogP contribution is 2.40. The third-order valence-corrected chi connectivity index (χ3v) is 4.97. The second-order valence-corrected chi connectivity index (χ2v) is 6.81. The number of nitrogens with zero attached hydrogens (tertiary/aromatic N) is 3.